The Bertz CT molecular complexity index is 910. The normalized spacial score (nSPS) is 19.8. The third-order valence-electron chi connectivity index (χ3n) is 4.86. The molecule has 2 N–H and O–H groups in total. The molecular weight excluding hydrogens is 404 g/mol. The Morgan fingerprint density at radius 3 is 2.63 bits per heavy atom. The monoisotopic (exact) mass is 434 g/mol. The van der Waals surface area contributed by atoms with E-state index >= 15 is 0 Å². The smallest absolute Gasteiger partial charge is 0.340 e. The number of anilines is 1. The molecule has 0 unspecified atom stereocenters. The summed E-state index contributed by atoms with van der Waals surface area (Å²) in [5.41, 5.74) is 2.85. The predicted octanol–water partition coefficient (Wildman–Crippen LogP) is 3.51. The molecule has 8 nitrogen and oxygen atoms in total. The van der Waals surface area contributed by atoms with Crippen LogP contribution in [0.15, 0.2) is 5.38 Å². The molecule has 2 aromatic rings. The number of ether oxygens (including phenoxy) is 2. The van der Waals surface area contributed by atoms with Crippen LogP contribution in [0.3, 0.4) is 0 Å². The van der Waals surface area contributed by atoms with Crippen LogP contribution in [-0.2, 0) is 16.0 Å². The van der Waals surface area contributed by atoms with Gasteiger partial charge in [-0.25, -0.2) is 9.78 Å². The summed E-state index contributed by atoms with van der Waals surface area (Å²) in [6, 6.07) is 0. The summed E-state index contributed by atoms with van der Waals surface area (Å²) in [6.45, 7) is 13.7. The number of thiazole rings is 1. The highest BCUT2D eigenvalue weighted by Crippen LogP contribution is 2.23. The van der Waals surface area contributed by atoms with E-state index in [1.54, 1.807) is 27.7 Å². The minimum Gasteiger partial charge on any atom is -0.459 e. The van der Waals surface area contributed by atoms with E-state index in [-0.39, 0.29) is 24.2 Å². The lowest BCUT2D eigenvalue weighted by Crippen LogP contribution is -2.44. The quantitative estimate of drug-likeness (QED) is 0.676. The van der Waals surface area contributed by atoms with Gasteiger partial charge in [0.1, 0.15) is 5.69 Å². The number of aryl methyl sites for hydroxylation is 1. The van der Waals surface area contributed by atoms with Crippen LogP contribution < -0.4 is 5.32 Å². The van der Waals surface area contributed by atoms with Crippen LogP contribution in [0, 0.1) is 13.8 Å². The maximum atomic E-state index is 12.8. The lowest BCUT2D eigenvalue weighted by molar-refractivity contribution is -0.0707. The van der Waals surface area contributed by atoms with Crippen LogP contribution in [0.2, 0.25) is 0 Å². The van der Waals surface area contributed by atoms with Gasteiger partial charge in [0.05, 0.1) is 29.6 Å². The van der Waals surface area contributed by atoms with E-state index in [9.17, 15) is 9.59 Å². The molecular formula is C21H30N4O4S. The molecule has 0 spiro atoms. The summed E-state index contributed by atoms with van der Waals surface area (Å²) in [7, 11) is 0. The number of hydrogen-bond acceptors (Lipinski definition) is 7. The zero-order valence-electron chi connectivity index (χ0n) is 18.4. The topological polar surface area (TPSA) is 96.5 Å². The molecule has 1 fully saturated rings. The highest BCUT2D eigenvalue weighted by Gasteiger charge is 2.25. The summed E-state index contributed by atoms with van der Waals surface area (Å²) in [6.07, 6.45) is 0.166. The third kappa shape index (κ3) is 5.27. The molecule has 1 amide bonds. The number of amides is 1. The molecule has 3 heterocycles. The molecule has 2 aromatic heterocycles. The summed E-state index contributed by atoms with van der Waals surface area (Å²) >= 11 is 1.39. The predicted molar refractivity (Wildman–Crippen MR) is 116 cm³/mol. The van der Waals surface area contributed by atoms with Gasteiger partial charge in [-0.2, -0.15) is 0 Å². The van der Waals surface area contributed by atoms with Crippen molar-refractivity contribution in [3.8, 4) is 0 Å². The van der Waals surface area contributed by atoms with Gasteiger partial charge in [-0.3, -0.25) is 15.0 Å². The average Bonchev–Trinajstić information content (AvgIpc) is 3.16. The minimum absolute atomic E-state index is 0.197. The maximum Gasteiger partial charge on any atom is 0.340 e. The molecule has 0 saturated carbocycles. The van der Waals surface area contributed by atoms with Crippen LogP contribution in [0.5, 0.6) is 0 Å². The molecule has 30 heavy (non-hydrogen) atoms. The Hall–Kier alpha value is -2.23. The van der Waals surface area contributed by atoms with Gasteiger partial charge in [0.15, 0.2) is 5.13 Å². The number of esters is 1. The Balaban J connectivity index is 1.66. The van der Waals surface area contributed by atoms with E-state index in [4.69, 9.17) is 9.47 Å². The molecule has 1 saturated heterocycles. The Labute approximate surface area is 181 Å². The Morgan fingerprint density at radius 2 is 2.00 bits per heavy atom. The van der Waals surface area contributed by atoms with Crippen LogP contribution in [0.25, 0.3) is 0 Å². The maximum absolute atomic E-state index is 12.8. The van der Waals surface area contributed by atoms with E-state index in [1.165, 1.54) is 11.3 Å². The van der Waals surface area contributed by atoms with E-state index < -0.39 is 5.97 Å². The van der Waals surface area contributed by atoms with E-state index in [0.29, 0.717) is 27.6 Å². The first kappa shape index (κ1) is 22.5. The van der Waals surface area contributed by atoms with Crippen molar-refractivity contribution < 1.29 is 19.1 Å². The van der Waals surface area contributed by atoms with Gasteiger partial charge in [-0.1, -0.05) is 0 Å². The van der Waals surface area contributed by atoms with E-state index in [2.05, 4.69) is 34.0 Å². The van der Waals surface area contributed by atoms with Crippen molar-refractivity contribution in [1.29, 1.82) is 0 Å². The highest BCUT2D eigenvalue weighted by atomic mass is 32.1. The van der Waals surface area contributed by atoms with Crippen molar-refractivity contribution in [1.82, 2.24) is 14.9 Å². The molecule has 1 aliphatic rings. The Morgan fingerprint density at radius 1 is 1.33 bits per heavy atom. The number of hydrogen-bond donors (Lipinski definition) is 2. The number of rotatable bonds is 6. The van der Waals surface area contributed by atoms with Crippen LogP contribution in [0.1, 0.15) is 65.5 Å². The van der Waals surface area contributed by atoms with Crippen molar-refractivity contribution in [3.05, 3.63) is 33.6 Å². The van der Waals surface area contributed by atoms with Crippen molar-refractivity contribution in [2.24, 2.45) is 0 Å². The molecule has 0 radical (unpaired) electrons. The summed E-state index contributed by atoms with van der Waals surface area (Å²) in [5.74, 6) is -0.755. The van der Waals surface area contributed by atoms with Crippen molar-refractivity contribution >= 4 is 28.3 Å². The number of carbonyl (C=O) groups excluding carboxylic acids is 2. The number of aromatic nitrogens is 2. The SMILES string of the molecule is Cc1[nH]c(C(=O)Nc2nc(CN3C[C@@H](C)O[C@@H](C)C3)cs2)c(C)c1C(=O)OC(C)C. The number of H-pyrrole nitrogens is 1. The van der Waals surface area contributed by atoms with Gasteiger partial charge in [0.25, 0.3) is 5.91 Å². The lowest BCUT2D eigenvalue weighted by Gasteiger charge is -2.34. The standard InChI is InChI=1S/C21H30N4O4S/c1-11(2)28-20(27)17-14(5)18(22-15(17)6)19(26)24-21-23-16(10-30-21)9-25-7-12(3)29-13(4)8-25/h10-13,22H,7-9H2,1-6H3,(H,23,24,26)/t12-,13+. The van der Waals surface area contributed by atoms with Crippen molar-refractivity contribution in [3.63, 3.8) is 0 Å². The number of morpholine rings is 1. The molecule has 9 heteroatoms. The summed E-state index contributed by atoms with van der Waals surface area (Å²) < 4.78 is 11.1. The average molecular weight is 435 g/mol. The van der Waals surface area contributed by atoms with Gasteiger partial charge in [-0.15, -0.1) is 11.3 Å². The van der Waals surface area contributed by atoms with E-state index in [1.807, 2.05) is 5.38 Å². The second kappa shape index (κ2) is 9.28. The first-order valence-corrected chi connectivity index (χ1v) is 11.1. The van der Waals surface area contributed by atoms with Crippen molar-refractivity contribution in [2.45, 2.75) is 66.4 Å². The highest BCUT2D eigenvalue weighted by molar-refractivity contribution is 7.14. The minimum atomic E-state index is -0.430. The first-order chi connectivity index (χ1) is 14.1. The second-order valence-corrected chi connectivity index (χ2v) is 8.99. The molecule has 1 aliphatic heterocycles. The summed E-state index contributed by atoms with van der Waals surface area (Å²) in [4.78, 5) is 35.0. The third-order valence-corrected chi connectivity index (χ3v) is 5.67. The zero-order chi connectivity index (χ0) is 22.0. The van der Waals surface area contributed by atoms with Crippen LogP contribution in [-0.4, -0.2) is 58.1 Å². The number of nitrogens with one attached hydrogen (secondary N) is 2. The van der Waals surface area contributed by atoms with Crippen LogP contribution >= 0.6 is 11.3 Å². The largest absolute Gasteiger partial charge is 0.459 e. The van der Waals surface area contributed by atoms with E-state index in [0.717, 1.165) is 25.3 Å². The van der Waals surface area contributed by atoms with Gasteiger partial charge < -0.3 is 14.5 Å². The van der Waals surface area contributed by atoms with Gasteiger partial charge in [0, 0.05) is 30.7 Å². The fraction of sp³-hybridized carbons (Fsp3) is 0.571. The number of nitrogens with zero attached hydrogens (tertiary/aromatic N) is 2. The molecule has 0 bridgehead atoms. The van der Waals surface area contributed by atoms with Crippen LogP contribution in [0.4, 0.5) is 5.13 Å². The van der Waals surface area contributed by atoms with Crippen molar-refractivity contribution in [2.75, 3.05) is 18.4 Å². The second-order valence-electron chi connectivity index (χ2n) is 8.13. The fourth-order valence-electron chi connectivity index (χ4n) is 3.80. The molecule has 0 aromatic carbocycles. The zero-order valence-corrected chi connectivity index (χ0v) is 19.2. The molecule has 2 atom stereocenters. The molecule has 164 valence electrons. The molecule has 0 aliphatic carbocycles. The van der Waals surface area contributed by atoms with Gasteiger partial charge in [-0.05, 0) is 47.1 Å². The van der Waals surface area contributed by atoms with Gasteiger partial charge in [0.2, 0.25) is 0 Å². The number of carbonyl (C=O) groups is 2. The fourth-order valence-corrected chi connectivity index (χ4v) is 4.49. The van der Waals surface area contributed by atoms with Gasteiger partial charge >= 0.3 is 5.97 Å². The molecule has 3 rings (SSSR count). The Kier molecular flexibility index (Phi) is 6.95. The lowest BCUT2D eigenvalue weighted by atomic mass is 10.1. The number of aromatic amines is 1. The summed E-state index contributed by atoms with van der Waals surface area (Å²) in [5, 5.41) is 5.32. The first-order valence-electron chi connectivity index (χ1n) is 10.2.